The van der Waals surface area contributed by atoms with Crippen molar-refractivity contribution in [3.8, 4) is 22.9 Å². The van der Waals surface area contributed by atoms with Crippen LogP contribution in [0.1, 0.15) is 5.56 Å². The molecule has 7 rings (SSSR count). The van der Waals surface area contributed by atoms with Crippen LogP contribution < -0.4 is 10.2 Å². The third kappa shape index (κ3) is 9.50. The third-order valence-electron chi connectivity index (χ3n) is 6.59. The average molecular weight is 708 g/mol. The van der Waals surface area contributed by atoms with Gasteiger partial charge in [0.25, 0.3) is 0 Å². The van der Waals surface area contributed by atoms with Gasteiger partial charge in [0.1, 0.15) is 22.7 Å². The molecule has 48 heavy (non-hydrogen) atoms. The Bertz CT molecular complexity index is 2220. The third-order valence-corrected chi connectivity index (χ3v) is 7.09. The molecule has 246 valence electrons. The van der Waals surface area contributed by atoms with E-state index in [1.165, 1.54) is 5.56 Å². The van der Waals surface area contributed by atoms with Gasteiger partial charge in [-0.25, -0.2) is 9.97 Å². The molecule has 0 atom stereocenters. The molecule has 0 saturated heterocycles. The molecule has 7 aromatic rings. The maximum Gasteiger partial charge on any atom is 0.394 e. The van der Waals surface area contributed by atoms with E-state index < -0.39 is 10.4 Å². The molecule has 0 radical (unpaired) electrons. The summed E-state index contributed by atoms with van der Waals surface area (Å²) in [7, 11) is -0.845. The maximum atomic E-state index is 8.74. The Hall–Kier alpha value is -5.05. The lowest BCUT2D eigenvalue weighted by Crippen LogP contribution is -2.17. The van der Waals surface area contributed by atoms with E-state index in [1.807, 2.05) is 93.0 Å². The van der Waals surface area contributed by atoms with Crippen molar-refractivity contribution < 1.29 is 26.4 Å². The minimum absolute atomic E-state index is 0.520. The van der Waals surface area contributed by atoms with Crippen LogP contribution in [0.5, 0.6) is 0 Å². The van der Waals surface area contributed by atoms with Crippen LogP contribution in [0.4, 0.5) is 11.6 Å². The molecule has 0 fully saturated rings. The van der Waals surface area contributed by atoms with Crippen LogP contribution >= 0.6 is 23.2 Å². The number of hydrogen-bond donors (Lipinski definition) is 3. The van der Waals surface area contributed by atoms with Crippen LogP contribution in [0.2, 0.25) is 10.0 Å². The fraction of sp³-hybridized carbons (Fsp3) is 0.0909. The quantitative estimate of drug-likeness (QED) is 0.142. The fourth-order valence-corrected chi connectivity index (χ4v) is 4.60. The monoisotopic (exact) mass is 706 g/mol. The number of halogens is 2. The Labute approximate surface area is 285 Å². The van der Waals surface area contributed by atoms with Crippen molar-refractivity contribution in [3.05, 3.63) is 119 Å². The number of pyridine rings is 2. The number of hydrogen-bond acceptors (Lipinski definition) is 10. The van der Waals surface area contributed by atoms with Gasteiger partial charge in [-0.2, -0.15) is 18.4 Å². The predicted molar refractivity (Wildman–Crippen MR) is 187 cm³/mol. The highest BCUT2D eigenvalue weighted by Crippen LogP contribution is 2.27. The van der Waals surface area contributed by atoms with Crippen molar-refractivity contribution in [3.63, 3.8) is 0 Å². The molecular formula is C33H28Cl2N6O6S. The van der Waals surface area contributed by atoms with Gasteiger partial charge in [0.15, 0.2) is 0 Å². The second-order valence-corrected chi connectivity index (χ2v) is 11.9. The molecule has 4 aromatic heterocycles. The normalized spacial score (nSPS) is 11.0. The van der Waals surface area contributed by atoms with E-state index in [0.29, 0.717) is 33.3 Å². The number of fused-ring (bicyclic) bond motifs is 2. The zero-order chi connectivity index (χ0) is 34.3. The van der Waals surface area contributed by atoms with E-state index in [9.17, 15) is 0 Å². The Balaban J connectivity index is 0.000000171. The molecule has 0 unspecified atom stereocenters. The van der Waals surface area contributed by atoms with Crippen molar-refractivity contribution in [2.24, 2.45) is 0 Å². The summed E-state index contributed by atoms with van der Waals surface area (Å²) in [6, 6.07) is 32.7. The molecular weight excluding hydrogens is 679 g/mol. The highest BCUT2D eigenvalue weighted by molar-refractivity contribution is 7.79. The Morgan fingerprint density at radius 3 is 1.67 bits per heavy atom. The predicted octanol–water partition coefficient (Wildman–Crippen LogP) is 8.11. The van der Waals surface area contributed by atoms with Gasteiger partial charge in [-0.15, -0.1) is 0 Å². The minimum atomic E-state index is -4.67. The topological polar surface area (TPSA) is 168 Å². The molecule has 12 nitrogen and oxygen atoms in total. The first-order chi connectivity index (χ1) is 22.9. The number of benzene rings is 3. The van der Waals surface area contributed by atoms with Crippen molar-refractivity contribution in [1.29, 1.82) is 0 Å². The second kappa shape index (κ2) is 15.2. The van der Waals surface area contributed by atoms with Gasteiger partial charge < -0.3 is 19.1 Å². The standard InChI is InChI=1S/C20H16ClN3O.C13H10ClN3O.H2O4S/c1-24(13-14-5-3-2-4-6-14)18-12-11-17-20(23-18)25-19(22-17)15-7-9-16(21)10-8-15;1-15-11-7-6-10-13(17-11)18-12(16-10)8-2-4-9(14)5-3-8;1-5(2,3)4/h2-12H,13H2,1H3;2-7H,1H3,(H,15,17);(H2,1,2,3,4). The number of nitrogens with zero attached hydrogens (tertiary/aromatic N) is 5. The van der Waals surface area contributed by atoms with Gasteiger partial charge in [-0.1, -0.05) is 53.5 Å². The first-order valence-electron chi connectivity index (χ1n) is 14.1. The van der Waals surface area contributed by atoms with E-state index >= 15 is 0 Å². The summed E-state index contributed by atoms with van der Waals surface area (Å²) >= 11 is 11.8. The zero-order valence-corrected chi connectivity index (χ0v) is 27.8. The van der Waals surface area contributed by atoms with Gasteiger partial charge in [0.05, 0.1) is 0 Å². The number of aromatic nitrogens is 4. The first kappa shape index (κ1) is 34.3. The Kier molecular flexibility index (Phi) is 10.9. The molecule has 0 aliphatic carbocycles. The van der Waals surface area contributed by atoms with E-state index in [-0.39, 0.29) is 0 Å². The smallest absolute Gasteiger partial charge is 0.394 e. The van der Waals surface area contributed by atoms with Gasteiger partial charge in [0.2, 0.25) is 23.2 Å². The van der Waals surface area contributed by atoms with Crippen molar-refractivity contribution in [1.82, 2.24) is 19.9 Å². The molecule has 3 aromatic carbocycles. The highest BCUT2D eigenvalue weighted by Gasteiger charge is 2.12. The Morgan fingerprint density at radius 2 is 1.17 bits per heavy atom. The molecule has 0 saturated carbocycles. The van der Waals surface area contributed by atoms with E-state index in [0.717, 1.165) is 40.3 Å². The minimum Gasteiger partial charge on any atom is -0.418 e. The molecule has 0 amide bonds. The van der Waals surface area contributed by atoms with Crippen molar-refractivity contribution in [2.45, 2.75) is 6.54 Å². The van der Waals surface area contributed by atoms with E-state index in [2.05, 4.69) is 42.3 Å². The molecule has 0 aliphatic heterocycles. The van der Waals surface area contributed by atoms with Gasteiger partial charge in [-0.05, 0) is 78.4 Å². The van der Waals surface area contributed by atoms with Crippen LogP contribution in [0.3, 0.4) is 0 Å². The second-order valence-electron chi connectivity index (χ2n) is 10.1. The molecule has 15 heteroatoms. The summed E-state index contributed by atoms with van der Waals surface area (Å²) in [5.74, 6) is 2.68. The summed E-state index contributed by atoms with van der Waals surface area (Å²) in [6.45, 7) is 0.775. The van der Waals surface area contributed by atoms with Crippen LogP contribution in [0.15, 0.2) is 112 Å². The summed E-state index contributed by atoms with van der Waals surface area (Å²) in [4.78, 5) is 19.9. The van der Waals surface area contributed by atoms with Gasteiger partial charge >= 0.3 is 10.4 Å². The SMILES string of the molecule is CN(Cc1ccccc1)c1ccc2nc(-c3ccc(Cl)cc3)oc2n1.CNc1ccc2nc(-c3ccc(Cl)cc3)oc2n1.O=S(=O)(O)O. The molecule has 0 spiro atoms. The van der Waals surface area contributed by atoms with E-state index in [4.69, 9.17) is 49.6 Å². The first-order valence-corrected chi connectivity index (χ1v) is 16.3. The van der Waals surface area contributed by atoms with Crippen LogP contribution in [-0.4, -0.2) is 51.6 Å². The average Bonchev–Trinajstić information content (AvgIpc) is 3.69. The molecule has 0 bridgehead atoms. The number of oxazole rings is 2. The fourth-order valence-electron chi connectivity index (χ4n) is 4.35. The summed E-state index contributed by atoms with van der Waals surface area (Å²) in [5, 5.41) is 4.33. The largest absolute Gasteiger partial charge is 0.418 e. The summed E-state index contributed by atoms with van der Waals surface area (Å²) in [5.41, 5.74) is 5.51. The van der Waals surface area contributed by atoms with Crippen molar-refractivity contribution >= 4 is 67.7 Å². The van der Waals surface area contributed by atoms with Crippen molar-refractivity contribution in [2.75, 3.05) is 24.3 Å². The lowest BCUT2D eigenvalue weighted by molar-refractivity contribution is 0.381. The molecule has 0 aliphatic rings. The number of rotatable bonds is 6. The lowest BCUT2D eigenvalue weighted by atomic mass is 10.2. The van der Waals surface area contributed by atoms with Crippen LogP contribution in [-0.2, 0) is 16.9 Å². The number of anilines is 2. The summed E-state index contributed by atoms with van der Waals surface area (Å²) in [6.07, 6.45) is 0. The molecule has 3 N–H and O–H groups in total. The van der Waals surface area contributed by atoms with Crippen LogP contribution in [0.25, 0.3) is 45.4 Å². The molecule has 4 heterocycles. The number of nitrogens with one attached hydrogen (secondary N) is 1. The maximum absolute atomic E-state index is 8.74. The van der Waals surface area contributed by atoms with Gasteiger partial charge in [-0.3, -0.25) is 9.11 Å². The Morgan fingerprint density at radius 1 is 0.688 bits per heavy atom. The lowest BCUT2D eigenvalue weighted by Gasteiger charge is -2.17. The van der Waals surface area contributed by atoms with E-state index in [1.54, 1.807) is 12.1 Å². The van der Waals surface area contributed by atoms with Crippen LogP contribution in [0, 0.1) is 0 Å². The highest BCUT2D eigenvalue weighted by atomic mass is 35.5. The zero-order valence-electron chi connectivity index (χ0n) is 25.4. The summed E-state index contributed by atoms with van der Waals surface area (Å²) < 4.78 is 43.1. The van der Waals surface area contributed by atoms with Gasteiger partial charge in [0, 0.05) is 41.8 Å².